The third-order valence-corrected chi connectivity index (χ3v) is 4.42. The van der Waals surface area contributed by atoms with Crippen molar-refractivity contribution in [3.05, 3.63) is 42.2 Å². The van der Waals surface area contributed by atoms with Crippen LogP contribution in [0.2, 0.25) is 0 Å². The molecule has 0 bridgehead atoms. The highest BCUT2D eigenvalue weighted by atomic mass is 32.2. The van der Waals surface area contributed by atoms with Gasteiger partial charge in [-0.3, -0.25) is 4.68 Å². The maximum absolute atomic E-state index is 12.4. The molecule has 0 unspecified atom stereocenters. The second-order valence-corrected chi connectivity index (χ2v) is 6.25. The molecular formula is C13H14F3N3O3S. The van der Waals surface area contributed by atoms with Crippen molar-refractivity contribution in [3.63, 3.8) is 0 Å². The second kappa shape index (κ2) is 6.59. The van der Waals surface area contributed by atoms with E-state index in [2.05, 4.69) is 9.82 Å². The average molecular weight is 349 g/mol. The van der Waals surface area contributed by atoms with Gasteiger partial charge in [-0.1, -0.05) is 12.1 Å². The lowest BCUT2D eigenvalue weighted by Gasteiger charge is -2.10. The monoisotopic (exact) mass is 349 g/mol. The van der Waals surface area contributed by atoms with E-state index < -0.39 is 21.9 Å². The van der Waals surface area contributed by atoms with Crippen LogP contribution in [0.3, 0.4) is 0 Å². The van der Waals surface area contributed by atoms with Crippen LogP contribution in [0.4, 0.5) is 13.2 Å². The van der Waals surface area contributed by atoms with Gasteiger partial charge in [0.2, 0.25) is 10.0 Å². The van der Waals surface area contributed by atoms with Crippen LogP contribution in [0.1, 0.15) is 5.69 Å². The van der Waals surface area contributed by atoms with E-state index >= 15 is 0 Å². The summed E-state index contributed by atoms with van der Waals surface area (Å²) in [7, 11) is -2.49. The molecule has 1 heterocycles. The number of para-hydroxylation sites is 1. The van der Waals surface area contributed by atoms with Crippen molar-refractivity contribution < 1.29 is 26.3 Å². The quantitative estimate of drug-likeness (QED) is 0.864. The number of hydrogen-bond donors (Lipinski definition) is 1. The van der Waals surface area contributed by atoms with Crippen molar-refractivity contribution in [1.29, 1.82) is 0 Å². The number of nitrogens with zero attached hydrogens (tertiary/aromatic N) is 2. The highest BCUT2D eigenvalue weighted by molar-refractivity contribution is 7.89. The van der Waals surface area contributed by atoms with Crippen LogP contribution >= 0.6 is 0 Å². The number of benzene rings is 1. The Balaban J connectivity index is 2.02. The Labute approximate surface area is 130 Å². The summed E-state index contributed by atoms with van der Waals surface area (Å²) in [6.07, 6.45) is -3.39. The molecule has 0 saturated heterocycles. The number of methoxy groups -OCH3 is 1. The molecule has 0 spiro atoms. The minimum absolute atomic E-state index is 0.0372. The smallest absolute Gasteiger partial charge is 0.435 e. The fourth-order valence-corrected chi connectivity index (χ4v) is 3.04. The Morgan fingerprint density at radius 2 is 1.96 bits per heavy atom. The first kappa shape index (κ1) is 17.3. The summed E-state index contributed by atoms with van der Waals surface area (Å²) in [6, 6.07) is 6.86. The first-order chi connectivity index (χ1) is 10.7. The third-order valence-electron chi connectivity index (χ3n) is 2.92. The number of nitrogens with one attached hydrogen (secondary N) is 1. The minimum Gasteiger partial charge on any atom is -0.495 e. The molecule has 6 nitrogen and oxygen atoms in total. The molecule has 0 fully saturated rings. The Morgan fingerprint density at radius 3 is 2.57 bits per heavy atom. The highest BCUT2D eigenvalue weighted by Gasteiger charge is 2.33. The van der Waals surface area contributed by atoms with Crippen molar-refractivity contribution >= 4 is 10.0 Å². The molecule has 1 aromatic carbocycles. The molecular weight excluding hydrogens is 335 g/mol. The van der Waals surface area contributed by atoms with Crippen LogP contribution < -0.4 is 9.46 Å². The van der Waals surface area contributed by atoms with Crippen LogP contribution in [0, 0.1) is 0 Å². The molecule has 0 radical (unpaired) electrons. The summed E-state index contributed by atoms with van der Waals surface area (Å²) in [4.78, 5) is -0.0426. The summed E-state index contributed by atoms with van der Waals surface area (Å²) in [5, 5.41) is 3.34. The Hall–Kier alpha value is -2.07. The van der Waals surface area contributed by atoms with Crippen molar-refractivity contribution in [3.8, 4) is 5.75 Å². The Morgan fingerprint density at radius 1 is 1.26 bits per heavy atom. The zero-order valence-electron chi connectivity index (χ0n) is 12.0. The molecule has 2 aromatic rings. The fraction of sp³-hybridized carbons (Fsp3) is 0.308. The van der Waals surface area contributed by atoms with E-state index in [-0.39, 0.29) is 23.7 Å². The topological polar surface area (TPSA) is 73.2 Å². The van der Waals surface area contributed by atoms with Crippen molar-refractivity contribution in [2.75, 3.05) is 13.7 Å². The summed E-state index contributed by atoms with van der Waals surface area (Å²) in [5.41, 5.74) is -1.02. The third kappa shape index (κ3) is 4.23. The number of halogens is 3. The number of sulfonamides is 1. The van der Waals surface area contributed by atoms with E-state index in [1.807, 2.05) is 0 Å². The average Bonchev–Trinajstić information content (AvgIpc) is 2.96. The van der Waals surface area contributed by atoms with E-state index in [4.69, 9.17) is 4.74 Å². The number of rotatable bonds is 6. The van der Waals surface area contributed by atoms with E-state index in [0.717, 1.165) is 16.9 Å². The predicted octanol–water partition coefficient (Wildman–Crippen LogP) is 1.89. The number of aromatic nitrogens is 2. The van der Waals surface area contributed by atoms with Gasteiger partial charge in [-0.05, 0) is 18.2 Å². The van der Waals surface area contributed by atoms with Crippen molar-refractivity contribution in [2.45, 2.75) is 17.6 Å². The van der Waals surface area contributed by atoms with Gasteiger partial charge in [-0.25, -0.2) is 13.1 Å². The lowest BCUT2D eigenvalue weighted by Crippen LogP contribution is -2.28. The highest BCUT2D eigenvalue weighted by Crippen LogP contribution is 2.27. The summed E-state index contributed by atoms with van der Waals surface area (Å²) in [6.45, 7) is -0.149. The van der Waals surface area contributed by atoms with E-state index in [0.29, 0.717) is 0 Å². The first-order valence-electron chi connectivity index (χ1n) is 6.47. The van der Waals surface area contributed by atoms with Gasteiger partial charge in [-0.2, -0.15) is 18.3 Å². The molecule has 0 aliphatic rings. The van der Waals surface area contributed by atoms with E-state index in [1.54, 1.807) is 12.1 Å². The largest absolute Gasteiger partial charge is 0.495 e. The molecule has 23 heavy (non-hydrogen) atoms. The lowest BCUT2D eigenvalue weighted by molar-refractivity contribution is -0.141. The van der Waals surface area contributed by atoms with Gasteiger partial charge in [-0.15, -0.1) is 0 Å². The summed E-state index contributed by atoms with van der Waals surface area (Å²) >= 11 is 0. The van der Waals surface area contributed by atoms with Gasteiger partial charge in [0.1, 0.15) is 10.6 Å². The van der Waals surface area contributed by atoms with Crippen LogP contribution in [-0.2, 0) is 22.7 Å². The maximum atomic E-state index is 12.4. The maximum Gasteiger partial charge on any atom is 0.435 e. The molecule has 1 aromatic heterocycles. The van der Waals surface area contributed by atoms with Crippen LogP contribution in [-0.4, -0.2) is 31.9 Å². The molecule has 2 rings (SSSR count). The molecule has 10 heteroatoms. The van der Waals surface area contributed by atoms with Crippen LogP contribution in [0.25, 0.3) is 0 Å². The first-order valence-corrected chi connectivity index (χ1v) is 7.96. The lowest BCUT2D eigenvalue weighted by atomic mass is 10.3. The normalized spacial score (nSPS) is 12.3. The zero-order chi connectivity index (χ0) is 17.1. The van der Waals surface area contributed by atoms with Crippen molar-refractivity contribution in [1.82, 2.24) is 14.5 Å². The SMILES string of the molecule is COc1ccccc1S(=O)(=O)NCCn1ccc(C(F)(F)F)n1. The molecule has 0 amide bonds. The van der Waals surface area contributed by atoms with Crippen molar-refractivity contribution in [2.24, 2.45) is 0 Å². The van der Waals surface area contributed by atoms with Gasteiger partial charge in [0.15, 0.2) is 5.69 Å². The molecule has 1 N–H and O–H groups in total. The molecule has 0 atom stereocenters. The molecule has 126 valence electrons. The van der Waals surface area contributed by atoms with E-state index in [1.165, 1.54) is 19.2 Å². The van der Waals surface area contributed by atoms with E-state index in [9.17, 15) is 21.6 Å². The fourth-order valence-electron chi connectivity index (χ4n) is 1.85. The van der Waals surface area contributed by atoms with Gasteiger partial charge in [0.05, 0.1) is 13.7 Å². The molecule has 0 aliphatic heterocycles. The van der Waals surface area contributed by atoms with Gasteiger partial charge in [0.25, 0.3) is 0 Å². The summed E-state index contributed by atoms with van der Waals surface area (Å²) in [5.74, 6) is 0.179. The molecule has 0 saturated carbocycles. The number of hydrogen-bond acceptors (Lipinski definition) is 4. The van der Waals surface area contributed by atoms with Gasteiger partial charge < -0.3 is 4.74 Å². The Kier molecular flexibility index (Phi) is 4.95. The number of ether oxygens (including phenoxy) is 1. The minimum atomic E-state index is -4.53. The van der Waals surface area contributed by atoms with Gasteiger partial charge in [0, 0.05) is 12.7 Å². The second-order valence-electron chi connectivity index (χ2n) is 4.51. The molecule has 0 aliphatic carbocycles. The van der Waals surface area contributed by atoms with Crippen LogP contribution in [0.15, 0.2) is 41.4 Å². The number of alkyl halides is 3. The standard InChI is InChI=1S/C13H14F3N3O3S/c1-22-10-4-2-3-5-11(10)23(20,21)17-7-9-19-8-6-12(18-19)13(14,15)16/h2-6,8,17H,7,9H2,1H3. The van der Waals surface area contributed by atoms with Gasteiger partial charge >= 0.3 is 6.18 Å². The Bertz CT molecular complexity index is 772. The van der Waals surface area contributed by atoms with Crippen LogP contribution in [0.5, 0.6) is 5.75 Å². The zero-order valence-corrected chi connectivity index (χ0v) is 12.9. The summed E-state index contributed by atoms with van der Waals surface area (Å²) < 4.78 is 69.9. The predicted molar refractivity (Wildman–Crippen MR) is 75.4 cm³/mol.